The normalized spacial score (nSPS) is 17.2. The number of rotatable bonds is 12. The monoisotopic (exact) mass is 572 g/mol. The van der Waals surface area contributed by atoms with Gasteiger partial charge >= 0.3 is 0 Å². The summed E-state index contributed by atoms with van der Waals surface area (Å²) in [6, 6.07) is 18.0. The highest BCUT2D eigenvalue weighted by atomic mass is 16.5. The Kier molecular flexibility index (Phi) is 9.58. The summed E-state index contributed by atoms with van der Waals surface area (Å²) in [5.41, 5.74) is 5.84. The summed E-state index contributed by atoms with van der Waals surface area (Å²) in [5, 5.41) is 7.44. The number of hydrogen-bond donors (Lipinski definition) is 3. The van der Waals surface area contributed by atoms with E-state index in [4.69, 9.17) is 14.2 Å². The summed E-state index contributed by atoms with van der Waals surface area (Å²) in [5.74, 6) is 1.83. The van der Waals surface area contributed by atoms with Gasteiger partial charge in [-0.25, -0.2) is 4.98 Å². The van der Waals surface area contributed by atoms with Crippen LogP contribution in [0.15, 0.2) is 67.0 Å². The number of hydrogen-bond acceptors (Lipinski definition) is 8. The predicted octanol–water partition coefficient (Wildman–Crippen LogP) is 4.85. The largest absolute Gasteiger partial charge is 0.487 e. The number of nitrogens with one attached hydrogen (secondary N) is 3. The number of anilines is 1. The van der Waals surface area contributed by atoms with Crippen LogP contribution in [0.2, 0.25) is 0 Å². The van der Waals surface area contributed by atoms with Gasteiger partial charge in [-0.2, -0.15) is 0 Å². The van der Waals surface area contributed by atoms with Crippen LogP contribution in [0.25, 0.3) is 10.9 Å². The smallest absolute Gasteiger partial charge is 0.256 e. The molecule has 2 aromatic heterocycles. The minimum atomic E-state index is -0.231. The Morgan fingerprint density at radius 2 is 1.81 bits per heavy atom. The van der Waals surface area contributed by atoms with Crippen molar-refractivity contribution in [3.63, 3.8) is 0 Å². The van der Waals surface area contributed by atoms with E-state index in [1.807, 2.05) is 67.3 Å². The second kappa shape index (κ2) is 13.7. The third-order valence-electron chi connectivity index (χ3n) is 7.14. The van der Waals surface area contributed by atoms with E-state index in [1.54, 1.807) is 18.3 Å². The fraction of sp³-hybridized carbons (Fsp3) is 0.375. The molecule has 1 aliphatic rings. The molecule has 10 nitrogen and oxygen atoms in total. The van der Waals surface area contributed by atoms with Crippen LogP contribution in [0.5, 0.6) is 17.2 Å². The van der Waals surface area contributed by atoms with E-state index >= 15 is 0 Å². The molecule has 222 valence electrons. The van der Waals surface area contributed by atoms with Crippen LogP contribution in [0.3, 0.4) is 0 Å². The molecular weight excluding hydrogens is 532 g/mol. The van der Waals surface area contributed by atoms with E-state index in [2.05, 4.69) is 39.8 Å². The second-order valence-electron chi connectivity index (χ2n) is 10.6. The van der Waals surface area contributed by atoms with E-state index in [0.29, 0.717) is 60.5 Å². The van der Waals surface area contributed by atoms with Gasteiger partial charge in [0.15, 0.2) is 11.5 Å². The number of benzene rings is 2. The number of carbonyl (C=O) groups is 1. The van der Waals surface area contributed by atoms with Gasteiger partial charge < -0.3 is 30.3 Å². The quantitative estimate of drug-likeness (QED) is 0.207. The maximum Gasteiger partial charge on any atom is 0.256 e. The predicted molar refractivity (Wildman–Crippen MR) is 165 cm³/mol. The summed E-state index contributed by atoms with van der Waals surface area (Å²) in [6.45, 7) is 10.7. The Balaban J connectivity index is 1.26. The zero-order valence-electron chi connectivity index (χ0n) is 24.7. The molecule has 2 atom stereocenters. The molecule has 42 heavy (non-hydrogen) atoms. The highest BCUT2D eigenvalue weighted by Crippen LogP contribution is 2.36. The summed E-state index contributed by atoms with van der Waals surface area (Å²) < 4.78 is 19.6. The molecule has 1 aliphatic heterocycles. The van der Waals surface area contributed by atoms with Gasteiger partial charge in [0.25, 0.3) is 5.91 Å². The molecule has 2 aromatic carbocycles. The molecule has 3 N–H and O–H groups in total. The Hall–Kier alpha value is -4.12. The zero-order chi connectivity index (χ0) is 29.5. The number of carbonyl (C=O) groups excluding carboxylic acids is 1. The van der Waals surface area contributed by atoms with Crippen LogP contribution in [-0.4, -0.2) is 72.5 Å². The van der Waals surface area contributed by atoms with Crippen molar-refractivity contribution in [3.05, 3.63) is 78.1 Å². The third-order valence-corrected chi connectivity index (χ3v) is 7.14. The molecule has 0 saturated carbocycles. The Bertz CT molecular complexity index is 1480. The Morgan fingerprint density at radius 1 is 1.02 bits per heavy atom. The van der Waals surface area contributed by atoms with Gasteiger partial charge in [-0.1, -0.05) is 12.1 Å². The molecular formula is C32H40N6O4. The maximum atomic E-state index is 13.0. The number of amides is 1. The van der Waals surface area contributed by atoms with E-state index in [-0.39, 0.29) is 5.91 Å². The van der Waals surface area contributed by atoms with Gasteiger partial charge in [-0.05, 0) is 56.7 Å². The van der Waals surface area contributed by atoms with Crippen LogP contribution < -0.4 is 25.5 Å². The summed E-state index contributed by atoms with van der Waals surface area (Å²) in [6.07, 6.45) is 3.55. The average Bonchev–Trinajstić information content (AvgIpc) is 3.37. The molecule has 10 heteroatoms. The number of ether oxygens (including phenoxy) is 3. The van der Waals surface area contributed by atoms with Crippen molar-refractivity contribution in [1.82, 2.24) is 19.9 Å². The molecule has 0 aliphatic carbocycles. The number of piperazine rings is 1. The first-order chi connectivity index (χ1) is 20.4. The van der Waals surface area contributed by atoms with Crippen molar-refractivity contribution in [1.29, 1.82) is 0 Å². The number of fused-ring (bicyclic) bond motifs is 1. The first-order valence-electron chi connectivity index (χ1n) is 14.5. The summed E-state index contributed by atoms with van der Waals surface area (Å²) >= 11 is 0. The molecule has 1 fully saturated rings. The molecule has 0 radical (unpaired) electrons. The summed E-state index contributed by atoms with van der Waals surface area (Å²) in [7, 11) is 1.86. The van der Waals surface area contributed by atoms with Crippen LogP contribution in [0.1, 0.15) is 36.7 Å². The van der Waals surface area contributed by atoms with Crippen molar-refractivity contribution in [2.75, 3.05) is 50.7 Å². The lowest BCUT2D eigenvalue weighted by molar-refractivity contribution is 0.102. The van der Waals surface area contributed by atoms with Crippen LogP contribution in [0.4, 0.5) is 5.82 Å². The van der Waals surface area contributed by atoms with Gasteiger partial charge in [0.05, 0.1) is 12.1 Å². The van der Waals surface area contributed by atoms with Gasteiger partial charge in [0, 0.05) is 80.8 Å². The molecule has 0 unspecified atom stereocenters. The molecule has 0 spiro atoms. The topological polar surface area (TPSA) is 102 Å². The second-order valence-corrected chi connectivity index (χ2v) is 10.6. The highest BCUT2D eigenvalue weighted by molar-refractivity contribution is 6.03. The highest BCUT2D eigenvalue weighted by Gasteiger charge is 2.21. The lowest BCUT2D eigenvalue weighted by Crippen LogP contribution is -2.53. The van der Waals surface area contributed by atoms with E-state index in [9.17, 15) is 4.79 Å². The minimum Gasteiger partial charge on any atom is -0.487 e. The number of aromatic nitrogens is 2. The molecule has 1 amide bonds. The SMILES string of the molecule is CCOCCOc1cc2c(ccn2NC)cc1Oc1ccnc(NC(=O)c2ccc(CN3C[C@@H](C)N[C@@H](C)C3)cc2)c1. The van der Waals surface area contributed by atoms with Crippen molar-refractivity contribution in [2.24, 2.45) is 0 Å². The van der Waals surface area contributed by atoms with Crippen molar-refractivity contribution in [2.45, 2.75) is 39.4 Å². The van der Waals surface area contributed by atoms with E-state index in [0.717, 1.165) is 30.5 Å². The van der Waals surface area contributed by atoms with Crippen LogP contribution in [0, 0.1) is 0 Å². The minimum absolute atomic E-state index is 0.231. The van der Waals surface area contributed by atoms with Gasteiger partial charge in [0.2, 0.25) is 0 Å². The van der Waals surface area contributed by atoms with Gasteiger partial charge in [0.1, 0.15) is 18.2 Å². The zero-order valence-corrected chi connectivity index (χ0v) is 24.7. The Labute approximate surface area is 246 Å². The summed E-state index contributed by atoms with van der Waals surface area (Å²) in [4.78, 5) is 19.8. The molecule has 5 rings (SSSR count). The maximum absolute atomic E-state index is 13.0. The first kappa shape index (κ1) is 29.4. The standard InChI is InChI=1S/C32H40N6O4/c1-5-40-14-15-41-29-18-28-26(11-13-38(28)33-4)16-30(29)42-27-10-12-34-31(17-27)36-32(39)25-8-6-24(7-9-25)21-37-19-22(2)35-23(3)20-37/h6-13,16-18,22-23,33,35H,5,14-15,19-21H2,1-4H3,(H,34,36,39)/t22-,23+. The van der Waals surface area contributed by atoms with Crippen molar-refractivity contribution >= 4 is 22.6 Å². The fourth-order valence-electron chi connectivity index (χ4n) is 5.33. The van der Waals surface area contributed by atoms with E-state index in [1.165, 1.54) is 5.56 Å². The molecule has 4 aromatic rings. The average molecular weight is 573 g/mol. The molecule has 0 bridgehead atoms. The number of pyridine rings is 1. The first-order valence-corrected chi connectivity index (χ1v) is 14.5. The van der Waals surface area contributed by atoms with Crippen molar-refractivity contribution in [3.8, 4) is 17.2 Å². The van der Waals surface area contributed by atoms with Crippen LogP contribution in [-0.2, 0) is 11.3 Å². The van der Waals surface area contributed by atoms with Crippen LogP contribution >= 0.6 is 0 Å². The lowest BCUT2D eigenvalue weighted by atomic mass is 10.1. The molecule has 3 heterocycles. The van der Waals surface area contributed by atoms with Crippen molar-refractivity contribution < 1.29 is 19.0 Å². The van der Waals surface area contributed by atoms with E-state index < -0.39 is 0 Å². The number of nitrogens with zero attached hydrogens (tertiary/aromatic N) is 3. The molecule has 1 saturated heterocycles. The Morgan fingerprint density at radius 3 is 2.55 bits per heavy atom. The van der Waals surface area contributed by atoms with Gasteiger partial charge in [-0.15, -0.1) is 0 Å². The third kappa shape index (κ3) is 7.39. The van der Waals surface area contributed by atoms with Gasteiger partial charge in [-0.3, -0.25) is 14.4 Å². The lowest BCUT2D eigenvalue weighted by Gasteiger charge is -2.36. The fourth-order valence-corrected chi connectivity index (χ4v) is 5.33.